The molecule has 3 N–H and O–H groups in total. The number of carbonyl (C=O) groups excluding carboxylic acids is 1. The fourth-order valence-electron chi connectivity index (χ4n) is 2.20. The molecular weight excluding hydrogens is 313 g/mol. The van der Waals surface area contributed by atoms with Crippen LogP contribution in [0, 0.1) is 0 Å². The topological polar surface area (TPSA) is 110 Å². The highest BCUT2D eigenvalue weighted by atomic mass is 16.7. The molecule has 2 rings (SSSR count). The summed E-state index contributed by atoms with van der Waals surface area (Å²) >= 11 is 0. The number of hydrogen-bond donors (Lipinski definition) is 3. The Morgan fingerprint density at radius 3 is 2.33 bits per heavy atom. The van der Waals surface area contributed by atoms with E-state index in [-0.39, 0.29) is 11.4 Å². The van der Waals surface area contributed by atoms with Gasteiger partial charge in [-0.1, -0.05) is 0 Å². The number of aromatic carboxylic acids is 1. The number of anilines is 1. The zero-order chi connectivity index (χ0) is 18.1. The Bertz CT molecular complexity index is 647. The molecule has 0 unspecified atom stereocenters. The molecule has 0 bridgehead atoms. The molecule has 0 saturated carbocycles. The van der Waals surface area contributed by atoms with Gasteiger partial charge in [-0.3, -0.25) is 5.32 Å². The lowest BCUT2D eigenvalue weighted by molar-refractivity contribution is 0.00578. The van der Waals surface area contributed by atoms with Crippen LogP contribution in [0.3, 0.4) is 0 Å². The number of nitrogens with zero attached hydrogens (tertiary/aromatic N) is 1. The summed E-state index contributed by atoms with van der Waals surface area (Å²) < 4.78 is 11.8. The van der Waals surface area contributed by atoms with Crippen molar-refractivity contribution in [3.05, 3.63) is 17.8 Å². The van der Waals surface area contributed by atoms with Gasteiger partial charge in [-0.05, 0) is 40.7 Å². The first-order chi connectivity index (χ1) is 11.1. The van der Waals surface area contributed by atoms with Gasteiger partial charge in [0.1, 0.15) is 5.82 Å². The van der Waals surface area contributed by atoms with E-state index in [4.69, 9.17) is 9.31 Å². The number of nitrogens with one attached hydrogen (secondary N) is 2. The molecule has 1 fully saturated rings. The van der Waals surface area contributed by atoms with Gasteiger partial charge in [-0.15, -0.1) is 0 Å². The molecule has 0 spiro atoms. The number of pyridine rings is 1. The Balaban J connectivity index is 2.32. The normalized spacial score (nSPS) is 18.3. The maximum atomic E-state index is 11.6. The number of carboxylic acids is 1. The first-order valence-corrected chi connectivity index (χ1v) is 7.71. The highest BCUT2D eigenvalue weighted by Gasteiger charge is 2.52. The van der Waals surface area contributed by atoms with Crippen molar-refractivity contribution in [2.45, 2.75) is 45.8 Å². The number of amides is 2. The van der Waals surface area contributed by atoms with E-state index in [1.165, 1.54) is 12.3 Å². The molecular formula is C15H22BN3O5. The standard InChI is InChI=1S/C15H22BN3O5/c1-6-17-13(22)19-11-7-9(12(20)21)10(8-18-11)16-23-14(2,3)15(4,5)24-16/h7-8H,6H2,1-5H3,(H,20,21)(H2,17,18,19,22). The van der Waals surface area contributed by atoms with E-state index >= 15 is 0 Å². The van der Waals surface area contributed by atoms with Gasteiger partial charge in [-0.2, -0.15) is 0 Å². The van der Waals surface area contributed by atoms with Crippen molar-refractivity contribution in [1.29, 1.82) is 0 Å². The molecule has 24 heavy (non-hydrogen) atoms. The average Bonchev–Trinajstić information content (AvgIpc) is 2.67. The van der Waals surface area contributed by atoms with E-state index in [0.29, 0.717) is 12.0 Å². The van der Waals surface area contributed by atoms with Crippen LogP contribution in [0.5, 0.6) is 0 Å². The third kappa shape index (κ3) is 3.52. The Labute approximate surface area is 141 Å². The monoisotopic (exact) mass is 335 g/mol. The molecule has 8 nitrogen and oxygen atoms in total. The van der Waals surface area contributed by atoms with E-state index in [1.807, 2.05) is 27.7 Å². The second kappa shape index (κ2) is 6.41. The van der Waals surface area contributed by atoms with Crippen LogP contribution in [0.25, 0.3) is 0 Å². The van der Waals surface area contributed by atoms with Crippen molar-refractivity contribution >= 4 is 30.4 Å². The van der Waals surface area contributed by atoms with Crippen molar-refractivity contribution in [3.8, 4) is 0 Å². The Morgan fingerprint density at radius 2 is 1.83 bits per heavy atom. The molecule has 1 aromatic rings. The molecule has 2 heterocycles. The lowest BCUT2D eigenvalue weighted by Crippen LogP contribution is -2.41. The summed E-state index contributed by atoms with van der Waals surface area (Å²) in [6.07, 6.45) is 1.35. The van der Waals surface area contributed by atoms with Crippen LogP contribution in [0.4, 0.5) is 10.6 Å². The van der Waals surface area contributed by atoms with Crippen LogP contribution in [-0.4, -0.2) is 47.0 Å². The van der Waals surface area contributed by atoms with E-state index in [9.17, 15) is 14.7 Å². The summed E-state index contributed by atoms with van der Waals surface area (Å²) in [4.78, 5) is 27.2. The minimum absolute atomic E-state index is 0.0321. The van der Waals surface area contributed by atoms with E-state index in [2.05, 4.69) is 15.6 Å². The summed E-state index contributed by atoms with van der Waals surface area (Å²) in [5, 5.41) is 14.5. The summed E-state index contributed by atoms with van der Waals surface area (Å²) in [5.74, 6) is -1.01. The number of carboxylic acid groups (broad SMARTS) is 1. The second-order valence-electron chi connectivity index (χ2n) is 6.53. The minimum atomic E-state index is -1.15. The minimum Gasteiger partial charge on any atom is -0.478 e. The third-order valence-corrected chi connectivity index (χ3v) is 4.25. The fraction of sp³-hybridized carbons (Fsp3) is 0.533. The smallest absolute Gasteiger partial charge is 0.478 e. The Hall–Kier alpha value is -2.13. The summed E-state index contributed by atoms with van der Waals surface area (Å²) in [5.41, 5.74) is -0.908. The van der Waals surface area contributed by atoms with Crippen molar-refractivity contribution in [3.63, 3.8) is 0 Å². The fourth-order valence-corrected chi connectivity index (χ4v) is 2.20. The zero-order valence-electron chi connectivity index (χ0n) is 14.5. The van der Waals surface area contributed by atoms with E-state index in [1.54, 1.807) is 6.92 Å². The van der Waals surface area contributed by atoms with Gasteiger partial charge in [0.2, 0.25) is 0 Å². The quantitative estimate of drug-likeness (QED) is 0.714. The van der Waals surface area contributed by atoms with Crippen molar-refractivity contribution in [1.82, 2.24) is 10.3 Å². The lowest BCUT2D eigenvalue weighted by Gasteiger charge is -2.32. The van der Waals surface area contributed by atoms with E-state index in [0.717, 1.165) is 0 Å². The summed E-state index contributed by atoms with van der Waals surface area (Å²) in [7, 11) is -0.841. The molecule has 0 aliphatic carbocycles. The van der Waals surface area contributed by atoms with Crippen LogP contribution >= 0.6 is 0 Å². The maximum absolute atomic E-state index is 11.6. The van der Waals surface area contributed by atoms with Crippen LogP contribution < -0.4 is 16.1 Å². The van der Waals surface area contributed by atoms with Gasteiger partial charge in [0.05, 0.1) is 16.8 Å². The third-order valence-electron chi connectivity index (χ3n) is 4.25. The molecule has 1 aliphatic rings. The number of rotatable bonds is 4. The van der Waals surface area contributed by atoms with Crippen LogP contribution in [-0.2, 0) is 9.31 Å². The lowest BCUT2D eigenvalue weighted by atomic mass is 9.77. The number of urea groups is 1. The molecule has 0 aromatic carbocycles. The molecule has 2 amide bonds. The molecule has 0 radical (unpaired) electrons. The average molecular weight is 335 g/mol. The maximum Gasteiger partial charge on any atom is 0.497 e. The largest absolute Gasteiger partial charge is 0.497 e. The predicted octanol–water partition coefficient (Wildman–Crippen LogP) is 1.22. The number of carbonyl (C=O) groups is 2. The van der Waals surface area contributed by atoms with Crippen LogP contribution in [0.15, 0.2) is 12.3 Å². The predicted molar refractivity (Wildman–Crippen MR) is 89.6 cm³/mol. The molecule has 9 heteroatoms. The van der Waals surface area contributed by atoms with Gasteiger partial charge in [0.25, 0.3) is 0 Å². The first kappa shape index (κ1) is 18.2. The van der Waals surface area contributed by atoms with Gasteiger partial charge in [-0.25, -0.2) is 14.6 Å². The Kier molecular flexibility index (Phi) is 4.86. The SMILES string of the molecule is CCNC(=O)Nc1cc(C(=O)O)c(B2OC(C)(C)C(C)(C)O2)cn1. The molecule has 1 aliphatic heterocycles. The first-order valence-electron chi connectivity index (χ1n) is 7.71. The van der Waals surface area contributed by atoms with Crippen molar-refractivity contribution in [2.24, 2.45) is 0 Å². The molecule has 0 atom stereocenters. The van der Waals surface area contributed by atoms with Gasteiger partial charge in [0.15, 0.2) is 0 Å². The summed E-state index contributed by atoms with van der Waals surface area (Å²) in [6, 6.07) is 0.836. The van der Waals surface area contributed by atoms with Crippen LogP contribution in [0.1, 0.15) is 45.0 Å². The zero-order valence-corrected chi connectivity index (χ0v) is 14.5. The van der Waals surface area contributed by atoms with Gasteiger partial charge >= 0.3 is 19.1 Å². The van der Waals surface area contributed by atoms with Crippen molar-refractivity contribution in [2.75, 3.05) is 11.9 Å². The number of hydrogen-bond acceptors (Lipinski definition) is 5. The molecule has 1 aromatic heterocycles. The molecule has 1 saturated heterocycles. The van der Waals surface area contributed by atoms with Crippen LogP contribution in [0.2, 0.25) is 0 Å². The van der Waals surface area contributed by atoms with Gasteiger partial charge in [0, 0.05) is 18.2 Å². The second-order valence-corrected chi connectivity index (χ2v) is 6.53. The van der Waals surface area contributed by atoms with Crippen molar-refractivity contribution < 1.29 is 24.0 Å². The van der Waals surface area contributed by atoms with Gasteiger partial charge < -0.3 is 19.7 Å². The molecule has 130 valence electrons. The Morgan fingerprint density at radius 1 is 1.25 bits per heavy atom. The number of aromatic nitrogens is 1. The highest BCUT2D eigenvalue weighted by Crippen LogP contribution is 2.36. The summed E-state index contributed by atoms with van der Waals surface area (Å²) in [6.45, 7) is 9.75. The highest BCUT2D eigenvalue weighted by molar-refractivity contribution is 6.63. The van der Waals surface area contributed by atoms with E-state index < -0.39 is 30.3 Å².